The van der Waals surface area contributed by atoms with Crippen LogP contribution in [0.4, 0.5) is 4.79 Å². The third kappa shape index (κ3) is 3.39. The van der Waals surface area contributed by atoms with Gasteiger partial charge in [0.1, 0.15) is 0 Å². The van der Waals surface area contributed by atoms with Gasteiger partial charge >= 0.3 is 6.03 Å². The summed E-state index contributed by atoms with van der Waals surface area (Å²) < 4.78 is 0. The Morgan fingerprint density at radius 3 is 2.37 bits per heavy atom. The normalized spacial score (nSPS) is 26.3. The SMILES string of the molecule is CN1C(=O)N(CCN2CCNCC2)CC1C(C)(C)C. The van der Waals surface area contributed by atoms with E-state index in [1.54, 1.807) is 0 Å². The Balaban J connectivity index is 1.85. The van der Waals surface area contributed by atoms with Crippen molar-refractivity contribution in [3.05, 3.63) is 0 Å². The van der Waals surface area contributed by atoms with Crippen molar-refractivity contribution in [2.24, 2.45) is 5.41 Å². The second-order valence-electron chi connectivity index (χ2n) is 6.81. The minimum absolute atomic E-state index is 0.147. The fraction of sp³-hybridized carbons (Fsp3) is 0.929. The minimum atomic E-state index is 0.147. The summed E-state index contributed by atoms with van der Waals surface area (Å²) in [5.41, 5.74) is 0.147. The second-order valence-corrected chi connectivity index (χ2v) is 6.81. The van der Waals surface area contributed by atoms with Gasteiger partial charge in [0.2, 0.25) is 0 Å². The van der Waals surface area contributed by atoms with Gasteiger partial charge < -0.3 is 15.1 Å². The molecule has 2 saturated heterocycles. The van der Waals surface area contributed by atoms with Crippen molar-refractivity contribution < 1.29 is 4.79 Å². The Morgan fingerprint density at radius 2 is 1.84 bits per heavy atom. The molecule has 110 valence electrons. The van der Waals surface area contributed by atoms with Crippen LogP contribution in [-0.4, -0.2) is 79.6 Å². The van der Waals surface area contributed by atoms with E-state index >= 15 is 0 Å². The van der Waals surface area contributed by atoms with Gasteiger partial charge in [-0.1, -0.05) is 20.8 Å². The van der Waals surface area contributed by atoms with Crippen LogP contribution in [0.15, 0.2) is 0 Å². The van der Waals surface area contributed by atoms with Crippen LogP contribution in [-0.2, 0) is 0 Å². The Bertz CT molecular complexity index is 320. The van der Waals surface area contributed by atoms with Gasteiger partial charge in [-0.25, -0.2) is 4.79 Å². The highest BCUT2D eigenvalue weighted by molar-refractivity contribution is 5.77. The molecule has 0 aromatic heterocycles. The van der Waals surface area contributed by atoms with Crippen molar-refractivity contribution >= 4 is 6.03 Å². The third-order valence-corrected chi connectivity index (χ3v) is 4.33. The molecule has 2 rings (SSSR count). The third-order valence-electron chi connectivity index (χ3n) is 4.33. The first-order chi connectivity index (χ1) is 8.89. The summed E-state index contributed by atoms with van der Waals surface area (Å²) in [6.07, 6.45) is 0. The average Bonchev–Trinajstić information content (AvgIpc) is 2.65. The Hall–Kier alpha value is -0.810. The van der Waals surface area contributed by atoms with Gasteiger partial charge in [0.05, 0.1) is 6.04 Å². The quantitative estimate of drug-likeness (QED) is 0.818. The van der Waals surface area contributed by atoms with E-state index in [-0.39, 0.29) is 11.4 Å². The number of piperazine rings is 1. The molecule has 1 N–H and O–H groups in total. The zero-order valence-electron chi connectivity index (χ0n) is 12.8. The van der Waals surface area contributed by atoms with Crippen molar-refractivity contribution in [3.8, 4) is 0 Å². The molecule has 2 fully saturated rings. The van der Waals surface area contributed by atoms with Crippen molar-refractivity contribution in [3.63, 3.8) is 0 Å². The number of hydrogen-bond donors (Lipinski definition) is 1. The van der Waals surface area contributed by atoms with Gasteiger partial charge in [-0.3, -0.25) is 4.90 Å². The maximum Gasteiger partial charge on any atom is 0.320 e. The van der Waals surface area contributed by atoms with E-state index in [2.05, 4.69) is 31.0 Å². The minimum Gasteiger partial charge on any atom is -0.322 e. The lowest BCUT2D eigenvalue weighted by atomic mass is 9.86. The average molecular weight is 268 g/mol. The van der Waals surface area contributed by atoms with Crippen LogP contribution in [0.5, 0.6) is 0 Å². The molecule has 1 atom stereocenters. The number of carbonyl (C=O) groups is 1. The molecule has 0 aromatic carbocycles. The topological polar surface area (TPSA) is 38.8 Å². The van der Waals surface area contributed by atoms with Crippen LogP contribution in [0.2, 0.25) is 0 Å². The standard InChI is InChI=1S/C14H28N4O/c1-14(2,3)12-11-18(13(19)16(12)4)10-9-17-7-5-15-6-8-17/h12,15H,5-11H2,1-4H3. The molecule has 2 amide bonds. The predicted molar refractivity (Wildman–Crippen MR) is 77.3 cm³/mol. The second kappa shape index (κ2) is 5.67. The van der Waals surface area contributed by atoms with Crippen molar-refractivity contribution in [2.45, 2.75) is 26.8 Å². The van der Waals surface area contributed by atoms with E-state index in [0.29, 0.717) is 6.04 Å². The molecule has 2 aliphatic heterocycles. The van der Waals surface area contributed by atoms with Gasteiger partial charge in [0.25, 0.3) is 0 Å². The van der Waals surface area contributed by atoms with Gasteiger partial charge in [0.15, 0.2) is 0 Å². The van der Waals surface area contributed by atoms with Crippen molar-refractivity contribution in [1.82, 2.24) is 20.0 Å². The number of hydrogen-bond acceptors (Lipinski definition) is 3. The first-order valence-electron chi connectivity index (χ1n) is 7.34. The van der Waals surface area contributed by atoms with Crippen LogP contribution in [0.3, 0.4) is 0 Å². The largest absolute Gasteiger partial charge is 0.322 e. The van der Waals surface area contributed by atoms with E-state index in [1.165, 1.54) is 0 Å². The fourth-order valence-corrected chi connectivity index (χ4v) is 3.00. The lowest BCUT2D eigenvalue weighted by Gasteiger charge is -2.31. The van der Waals surface area contributed by atoms with E-state index in [4.69, 9.17) is 0 Å². The zero-order chi connectivity index (χ0) is 14.0. The van der Waals surface area contributed by atoms with Crippen LogP contribution in [0.25, 0.3) is 0 Å². The molecule has 5 nitrogen and oxygen atoms in total. The number of urea groups is 1. The van der Waals surface area contributed by atoms with Gasteiger partial charge in [-0.05, 0) is 5.41 Å². The highest BCUT2D eigenvalue weighted by Gasteiger charge is 2.40. The summed E-state index contributed by atoms with van der Waals surface area (Å²) >= 11 is 0. The summed E-state index contributed by atoms with van der Waals surface area (Å²) in [7, 11) is 1.93. The molecule has 2 aliphatic rings. The number of nitrogens with one attached hydrogen (secondary N) is 1. The molecule has 0 spiro atoms. The van der Waals surface area contributed by atoms with E-state index < -0.39 is 0 Å². The highest BCUT2D eigenvalue weighted by Crippen LogP contribution is 2.29. The molecule has 19 heavy (non-hydrogen) atoms. The summed E-state index contributed by atoms with van der Waals surface area (Å²) in [5, 5.41) is 3.36. The highest BCUT2D eigenvalue weighted by atomic mass is 16.2. The molecule has 0 radical (unpaired) electrons. The predicted octanol–water partition coefficient (Wildman–Crippen LogP) is 0.674. The first-order valence-corrected chi connectivity index (χ1v) is 7.34. The molecule has 2 heterocycles. The van der Waals surface area contributed by atoms with E-state index in [0.717, 1.165) is 45.8 Å². The molecule has 0 saturated carbocycles. The molecule has 0 aromatic rings. The Labute approximate surface area is 116 Å². The molecule has 5 heteroatoms. The number of likely N-dealkylation sites (N-methyl/N-ethyl adjacent to an activating group) is 1. The first kappa shape index (κ1) is 14.6. The van der Waals surface area contributed by atoms with E-state index in [1.807, 2.05) is 16.8 Å². The number of nitrogens with zero attached hydrogens (tertiary/aromatic N) is 3. The van der Waals surface area contributed by atoms with E-state index in [9.17, 15) is 4.79 Å². The number of rotatable bonds is 3. The van der Waals surface area contributed by atoms with Gasteiger partial charge in [-0.15, -0.1) is 0 Å². The van der Waals surface area contributed by atoms with Gasteiger partial charge in [-0.2, -0.15) is 0 Å². The summed E-state index contributed by atoms with van der Waals surface area (Å²) in [6.45, 7) is 13.7. The molecule has 0 aliphatic carbocycles. The molecular weight excluding hydrogens is 240 g/mol. The smallest absolute Gasteiger partial charge is 0.320 e. The number of carbonyl (C=O) groups excluding carboxylic acids is 1. The van der Waals surface area contributed by atoms with Gasteiger partial charge in [0, 0.05) is 52.9 Å². The molecule has 1 unspecified atom stereocenters. The van der Waals surface area contributed by atoms with Crippen molar-refractivity contribution in [2.75, 3.05) is 52.9 Å². The van der Waals surface area contributed by atoms with Crippen molar-refractivity contribution in [1.29, 1.82) is 0 Å². The lowest BCUT2D eigenvalue weighted by molar-refractivity contribution is 0.171. The number of amides is 2. The maximum absolute atomic E-state index is 12.3. The molecule has 0 bridgehead atoms. The fourth-order valence-electron chi connectivity index (χ4n) is 3.00. The zero-order valence-corrected chi connectivity index (χ0v) is 12.8. The Morgan fingerprint density at radius 1 is 1.21 bits per heavy atom. The summed E-state index contributed by atoms with van der Waals surface area (Å²) in [5.74, 6) is 0. The maximum atomic E-state index is 12.3. The van der Waals surface area contributed by atoms with Crippen LogP contribution in [0, 0.1) is 5.41 Å². The molecular formula is C14H28N4O. The van der Waals surface area contributed by atoms with Crippen LogP contribution < -0.4 is 5.32 Å². The summed E-state index contributed by atoms with van der Waals surface area (Å²) in [6, 6.07) is 0.512. The lowest BCUT2D eigenvalue weighted by Crippen LogP contribution is -2.46. The Kier molecular flexibility index (Phi) is 4.36. The van der Waals surface area contributed by atoms with Crippen LogP contribution in [0.1, 0.15) is 20.8 Å². The summed E-state index contributed by atoms with van der Waals surface area (Å²) in [4.78, 5) is 18.6. The monoisotopic (exact) mass is 268 g/mol. The van der Waals surface area contributed by atoms with Crippen LogP contribution >= 0.6 is 0 Å².